The number of aryl methyl sites for hydroxylation is 2. The van der Waals surface area contributed by atoms with Crippen LogP contribution >= 0.6 is 0 Å². The number of methoxy groups -OCH3 is 1. The number of carbonyl (C=O) groups excluding carboxylic acids is 1. The monoisotopic (exact) mass is 445 g/mol. The molecule has 0 fully saturated rings. The Bertz CT molecular complexity index is 1360. The molecule has 2 aromatic carbocycles. The molecule has 5 rings (SSSR count). The average Bonchev–Trinajstić information content (AvgIpc) is 3.51. The first-order valence-electron chi connectivity index (χ1n) is 10.5. The van der Waals surface area contributed by atoms with Crippen LogP contribution in [0.5, 0.6) is 17.2 Å². The number of hydrogen-bond donors (Lipinski definition) is 3. The summed E-state index contributed by atoms with van der Waals surface area (Å²) in [5.74, 6) is 0.816. The van der Waals surface area contributed by atoms with Crippen LogP contribution in [-0.2, 0) is 6.54 Å². The topological polar surface area (TPSA) is 112 Å². The van der Waals surface area contributed by atoms with E-state index in [1.165, 1.54) is 13.2 Å². The lowest BCUT2D eigenvalue weighted by molar-refractivity contribution is 0.0717. The van der Waals surface area contributed by atoms with Crippen LogP contribution in [0.2, 0.25) is 0 Å². The van der Waals surface area contributed by atoms with E-state index in [4.69, 9.17) is 9.15 Å². The Kier molecular flexibility index (Phi) is 4.85. The highest BCUT2D eigenvalue weighted by Crippen LogP contribution is 2.46. The van der Waals surface area contributed by atoms with Gasteiger partial charge >= 0.3 is 0 Å². The van der Waals surface area contributed by atoms with Crippen LogP contribution in [0.3, 0.4) is 0 Å². The second kappa shape index (κ2) is 7.74. The summed E-state index contributed by atoms with van der Waals surface area (Å²) in [4.78, 5) is 15.1. The minimum absolute atomic E-state index is 0.00255. The summed E-state index contributed by atoms with van der Waals surface area (Å²) in [6, 6.07) is 11.8. The highest BCUT2D eigenvalue weighted by Gasteiger charge is 2.43. The molecule has 3 heterocycles. The third kappa shape index (κ3) is 3.31. The first-order valence-corrected chi connectivity index (χ1v) is 10.5. The van der Waals surface area contributed by atoms with Crippen molar-refractivity contribution in [1.29, 1.82) is 0 Å². The van der Waals surface area contributed by atoms with E-state index in [9.17, 15) is 15.0 Å². The summed E-state index contributed by atoms with van der Waals surface area (Å²) < 4.78 is 10.8. The van der Waals surface area contributed by atoms with Crippen LogP contribution < -0.4 is 4.74 Å². The zero-order valence-electron chi connectivity index (χ0n) is 18.4. The molecule has 2 aromatic heterocycles. The molecule has 33 heavy (non-hydrogen) atoms. The molecule has 0 aliphatic carbocycles. The van der Waals surface area contributed by atoms with Crippen LogP contribution in [0, 0.1) is 13.8 Å². The van der Waals surface area contributed by atoms with Crippen LogP contribution in [-0.4, -0.2) is 38.3 Å². The number of benzene rings is 2. The molecule has 0 radical (unpaired) electrons. The summed E-state index contributed by atoms with van der Waals surface area (Å²) in [5.41, 5.74) is 4.48. The summed E-state index contributed by atoms with van der Waals surface area (Å²) >= 11 is 0. The van der Waals surface area contributed by atoms with Crippen molar-refractivity contribution in [3.05, 3.63) is 82.4 Å². The van der Waals surface area contributed by atoms with E-state index < -0.39 is 6.04 Å². The van der Waals surface area contributed by atoms with Crippen LogP contribution in [0.4, 0.5) is 0 Å². The number of fused-ring (bicyclic) bond motifs is 1. The Balaban J connectivity index is 1.72. The molecule has 0 saturated carbocycles. The number of ether oxygens (including phenoxy) is 1. The van der Waals surface area contributed by atoms with E-state index in [0.29, 0.717) is 34.0 Å². The molecule has 1 aliphatic heterocycles. The number of amides is 1. The maximum absolute atomic E-state index is 13.5. The van der Waals surface area contributed by atoms with E-state index in [1.807, 2.05) is 32.0 Å². The van der Waals surface area contributed by atoms with Gasteiger partial charge in [-0.1, -0.05) is 12.1 Å². The second-order valence-corrected chi connectivity index (χ2v) is 8.19. The fraction of sp³-hybridized carbons (Fsp3) is 0.200. The van der Waals surface area contributed by atoms with Gasteiger partial charge in [0.1, 0.15) is 22.9 Å². The predicted molar refractivity (Wildman–Crippen MR) is 120 cm³/mol. The van der Waals surface area contributed by atoms with Crippen molar-refractivity contribution in [2.45, 2.75) is 26.4 Å². The zero-order valence-corrected chi connectivity index (χ0v) is 18.4. The number of aromatic nitrogens is 2. The van der Waals surface area contributed by atoms with Gasteiger partial charge in [0.25, 0.3) is 5.91 Å². The molecule has 3 N–H and O–H groups in total. The highest BCUT2D eigenvalue weighted by atomic mass is 16.5. The third-order valence-electron chi connectivity index (χ3n) is 5.99. The smallest absolute Gasteiger partial charge is 0.273 e. The summed E-state index contributed by atoms with van der Waals surface area (Å²) in [6.45, 7) is 4.01. The van der Waals surface area contributed by atoms with Gasteiger partial charge in [-0.15, -0.1) is 0 Å². The van der Waals surface area contributed by atoms with Crippen molar-refractivity contribution >= 4 is 5.91 Å². The number of rotatable bonds is 5. The van der Waals surface area contributed by atoms with Crippen LogP contribution in [0.1, 0.15) is 44.5 Å². The van der Waals surface area contributed by atoms with Crippen molar-refractivity contribution in [2.75, 3.05) is 7.11 Å². The van der Waals surface area contributed by atoms with Crippen molar-refractivity contribution in [1.82, 2.24) is 15.1 Å². The van der Waals surface area contributed by atoms with Crippen LogP contribution in [0.25, 0.3) is 11.3 Å². The van der Waals surface area contributed by atoms with Crippen LogP contribution in [0.15, 0.2) is 53.1 Å². The molecule has 8 nitrogen and oxygen atoms in total. The Morgan fingerprint density at radius 3 is 2.73 bits per heavy atom. The summed E-state index contributed by atoms with van der Waals surface area (Å²) in [7, 11) is 1.47. The molecule has 0 saturated heterocycles. The molecular formula is C25H23N3O5. The molecule has 0 bridgehead atoms. The number of hydrogen-bond acceptors (Lipinski definition) is 6. The van der Waals surface area contributed by atoms with E-state index in [-0.39, 0.29) is 24.0 Å². The molecule has 0 unspecified atom stereocenters. The van der Waals surface area contributed by atoms with Gasteiger partial charge in [-0.05, 0) is 60.9 Å². The Hall–Kier alpha value is -4.20. The minimum atomic E-state index is -0.541. The fourth-order valence-corrected chi connectivity index (χ4v) is 4.49. The maximum atomic E-state index is 13.5. The van der Waals surface area contributed by atoms with Gasteiger partial charge in [-0.2, -0.15) is 5.10 Å². The van der Waals surface area contributed by atoms with Crippen molar-refractivity contribution < 1.29 is 24.2 Å². The van der Waals surface area contributed by atoms with E-state index in [0.717, 1.165) is 16.7 Å². The first-order chi connectivity index (χ1) is 15.9. The zero-order chi connectivity index (χ0) is 23.3. The number of phenolic OH excluding ortho intramolecular Hbond substituents is 2. The Morgan fingerprint density at radius 1 is 1.18 bits per heavy atom. The second-order valence-electron chi connectivity index (χ2n) is 8.19. The molecule has 1 atom stereocenters. The Labute approximate surface area is 190 Å². The fourth-order valence-electron chi connectivity index (χ4n) is 4.49. The molecule has 1 amide bonds. The van der Waals surface area contributed by atoms with Gasteiger partial charge in [0.2, 0.25) is 0 Å². The van der Waals surface area contributed by atoms with Crippen molar-refractivity contribution in [3.63, 3.8) is 0 Å². The number of H-pyrrole nitrogens is 1. The lowest BCUT2D eigenvalue weighted by atomic mass is 9.94. The van der Waals surface area contributed by atoms with Crippen molar-refractivity contribution in [3.8, 4) is 28.5 Å². The largest absolute Gasteiger partial charge is 0.507 e. The highest BCUT2D eigenvalue weighted by molar-refractivity contribution is 6.00. The molecule has 4 aromatic rings. The maximum Gasteiger partial charge on any atom is 0.273 e. The van der Waals surface area contributed by atoms with Gasteiger partial charge in [-0.25, -0.2) is 0 Å². The molecule has 0 spiro atoms. The minimum Gasteiger partial charge on any atom is -0.507 e. The number of furan rings is 1. The quantitative estimate of drug-likeness (QED) is 0.418. The normalized spacial score (nSPS) is 15.2. The van der Waals surface area contributed by atoms with Gasteiger partial charge in [0.15, 0.2) is 11.5 Å². The number of nitrogens with zero attached hydrogens (tertiary/aromatic N) is 2. The lowest BCUT2D eigenvalue weighted by Crippen LogP contribution is -2.29. The van der Waals surface area contributed by atoms with E-state index in [1.54, 1.807) is 29.4 Å². The molecule has 1 aliphatic rings. The number of carbonyl (C=O) groups is 1. The SMILES string of the molecule is COc1cc([C@@H]2c3c(-c4cc(C)cc(C)c4O)n[nH]c3C(=O)N2Cc2ccco2)ccc1O. The van der Waals surface area contributed by atoms with Gasteiger partial charge in [0.05, 0.1) is 26.0 Å². The number of nitrogens with one attached hydrogen (secondary N) is 1. The van der Waals surface area contributed by atoms with E-state index >= 15 is 0 Å². The summed E-state index contributed by atoms with van der Waals surface area (Å²) in [6.07, 6.45) is 1.56. The predicted octanol–water partition coefficient (Wildman–Crippen LogP) is 4.45. The number of aromatic amines is 1. The summed E-state index contributed by atoms with van der Waals surface area (Å²) in [5, 5.41) is 28.3. The number of aromatic hydroxyl groups is 2. The third-order valence-corrected chi connectivity index (χ3v) is 5.99. The molecular weight excluding hydrogens is 422 g/mol. The lowest BCUT2D eigenvalue weighted by Gasteiger charge is -2.26. The van der Waals surface area contributed by atoms with Crippen molar-refractivity contribution in [2.24, 2.45) is 0 Å². The Morgan fingerprint density at radius 2 is 2.00 bits per heavy atom. The average molecular weight is 445 g/mol. The number of phenols is 2. The van der Waals surface area contributed by atoms with Gasteiger partial charge < -0.3 is 24.3 Å². The molecule has 168 valence electrons. The molecule has 8 heteroatoms. The van der Waals surface area contributed by atoms with Gasteiger partial charge in [0, 0.05) is 11.1 Å². The van der Waals surface area contributed by atoms with Gasteiger partial charge in [-0.3, -0.25) is 9.89 Å². The van der Waals surface area contributed by atoms with E-state index in [2.05, 4.69) is 10.2 Å². The standard InChI is InChI=1S/C25H23N3O5/c1-13-9-14(2)24(30)17(10-13)21-20-22(27-26-21)25(31)28(12-16-5-4-8-33-16)23(20)15-6-7-18(29)19(11-15)32-3/h4-11,23,29-30H,12H2,1-3H3,(H,26,27)/t23-/m1/s1. The first kappa shape index (κ1) is 20.7.